The van der Waals surface area contributed by atoms with Gasteiger partial charge in [0.15, 0.2) is 5.17 Å². The Kier molecular flexibility index (Phi) is 7.25. The summed E-state index contributed by atoms with van der Waals surface area (Å²) in [6.45, 7) is 0. The first kappa shape index (κ1) is 25.0. The molecule has 7 nitrogen and oxygen atoms in total. The van der Waals surface area contributed by atoms with Crippen LogP contribution >= 0.6 is 23.4 Å². The number of anilines is 1. The first-order valence-electron chi connectivity index (χ1n) is 11.5. The zero-order valence-electron chi connectivity index (χ0n) is 19.7. The molecule has 10 heteroatoms. The lowest BCUT2D eigenvalue weighted by atomic mass is 9.98. The number of nitrogens with one attached hydrogen (secondary N) is 1. The lowest BCUT2D eigenvalue weighted by molar-refractivity contribution is -0.121. The maximum Gasteiger partial charge on any atom is 0.262 e. The lowest BCUT2D eigenvalue weighted by Crippen LogP contribution is -2.25. The molecular weight excluding hydrogens is 515 g/mol. The van der Waals surface area contributed by atoms with Crippen molar-refractivity contribution in [2.24, 2.45) is 10.1 Å². The number of thioether (sulfide) groups is 1. The van der Waals surface area contributed by atoms with E-state index in [-0.39, 0.29) is 18.2 Å². The number of rotatable bonds is 6. The van der Waals surface area contributed by atoms with Gasteiger partial charge in [-0.2, -0.15) is 10.1 Å². The van der Waals surface area contributed by atoms with Crippen molar-refractivity contribution in [3.8, 4) is 5.75 Å². The molecular formula is C27H22ClFN4O3S. The molecule has 0 aliphatic carbocycles. The Morgan fingerprint density at radius 1 is 1.16 bits per heavy atom. The average Bonchev–Trinajstić information content (AvgIpc) is 3.49. The van der Waals surface area contributed by atoms with Crippen LogP contribution in [-0.4, -0.2) is 40.1 Å². The number of hydrazone groups is 1. The van der Waals surface area contributed by atoms with Gasteiger partial charge in [0, 0.05) is 17.9 Å². The third-order valence-corrected chi connectivity index (χ3v) is 7.39. The summed E-state index contributed by atoms with van der Waals surface area (Å²) < 4.78 is 19.2. The monoisotopic (exact) mass is 536 g/mol. The van der Waals surface area contributed by atoms with Crippen molar-refractivity contribution in [1.29, 1.82) is 0 Å². The van der Waals surface area contributed by atoms with Crippen LogP contribution in [0.15, 0.2) is 82.9 Å². The van der Waals surface area contributed by atoms with E-state index in [4.69, 9.17) is 21.4 Å². The molecule has 2 heterocycles. The van der Waals surface area contributed by atoms with E-state index in [1.807, 2.05) is 42.5 Å². The number of methoxy groups -OCH3 is 1. The van der Waals surface area contributed by atoms with Crippen molar-refractivity contribution in [2.45, 2.75) is 24.1 Å². The molecule has 3 aromatic carbocycles. The minimum Gasteiger partial charge on any atom is -0.497 e. The number of benzene rings is 3. The molecule has 1 N–H and O–H groups in total. The highest BCUT2D eigenvalue weighted by molar-refractivity contribution is 8.15. The molecule has 2 unspecified atom stereocenters. The molecule has 0 spiro atoms. The van der Waals surface area contributed by atoms with E-state index >= 15 is 0 Å². The lowest BCUT2D eigenvalue weighted by Gasteiger charge is -2.23. The van der Waals surface area contributed by atoms with Gasteiger partial charge in [-0.15, -0.1) is 0 Å². The van der Waals surface area contributed by atoms with Crippen LogP contribution in [0.5, 0.6) is 5.75 Å². The molecule has 2 aliphatic rings. The fourth-order valence-corrected chi connectivity index (χ4v) is 5.42. The van der Waals surface area contributed by atoms with Crippen molar-refractivity contribution in [3.05, 3.63) is 94.8 Å². The molecule has 2 aliphatic heterocycles. The Hall–Kier alpha value is -3.69. The molecule has 0 aromatic heterocycles. The minimum atomic E-state index is -0.734. The van der Waals surface area contributed by atoms with E-state index < -0.39 is 22.9 Å². The van der Waals surface area contributed by atoms with Gasteiger partial charge in [-0.1, -0.05) is 47.6 Å². The summed E-state index contributed by atoms with van der Waals surface area (Å²) in [4.78, 5) is 29.5. The smallest absolute Gasteiger partial charge is 0.262 e. The number of halogens is 2. The number of para-hydroxylation sites is 1. The van der Waals surface area contributed by atoms with Gasteiger partial charge in [-0.25, -0.2) is 9.40 Å². The standard InChI is InChI=1S/C27H22ClFN4O3S/c1-36-19-11-9-16(10-12-19)22-14-23(17-5-4-6-18(28)13-17)33(32-22)27-31-26(35)24(37-27)15-25(34)30-21-8-3-2-7-20(21)29/h2-13,23-24H,14-15H2,1H3,(H,30,34). The SMILES string of the molecule is COc1ccc(C2=NN(C3=NC(=O)C(CC(=O)Nc4ccccc4F)S3)C(c3cccc(Cl)c3)C2)cc1. The van der Waals surface area contributed by atoms with Crippen LogP contribution in [0.2, 0.25) is 5.02 Å². The van der Waals surface area contributed by atoms with E-state index in [1.54, 1.807) is 24.3 Å². The van der Waals surface area contributed by atoms with Crippen LogP contribution in [0.25, 0.3) is 0 Å². The number of aliphatic imine (C=N–C) groups is 1. The van der Waals surface area contributed by atoms with Crippen LogP contribution in [0, 0.1) is 5.82 Å². The Balaban J connectivity index is 1.36. The Morgan fingerprint density at radius 2 is 1.95 bits per heavy atom. The summed E-state index contributed by atoms with van der Waals surface area (Å²) in [6.07, 6.45) is 0.425. The number of carbonyl (C=O) groups excluding carboxylic acids is 2. The topological polar surface area (TPSA) is 83.4 Å². The summed E-state index contributed by atoms with van der Waals surface area (Å²) in [5.74, 6) is -0.701. The molecule has 2 atom stereocenters. The van der Waals surface area contributed by atoms with Gasteiger partial charge in [-0.05, 0) is 59.7 Å². The third kappa shape index (κ3) is 5.52. The van der Waals surface area contributed by atoms with Crippen molar-refractivity contribution >= 4 is 51.7 Å². The Morgan fingerprint density at radius 3 is 2.68 bits per heavy atom. The number of hydrogen-bond donors (Lipinski definition) is 1. The normalized spacial score (nSPS) is 19.0. The summed E-state index contributed by atoms with van der Waals surface area (Å²) in [5.41, 5.74) is 2.74. The van der Waals surface area contributed by atoms with E-state index in [0.29, 0.717) is 16.6 Å². The first-order valence-corrected chi connectivity index (χ1v) is 12.8. The summed E-state index contributed by atoms with van der Waals surface area (Å²) in [6, 6.07) is 20.7. The second-order valence-corrected chi connectivity index (χ2v) is 10.1. The van der Waals surface area contributed by atoms with Crippen LogP contribution in [0.1, 0.15) is 30.0 Å². The average molecular weight is 537 g/mol. The van der Waals surface area contributed by atoms with Crippen molar-refractivity contribution < 1.29 is 18.7 Å². The molecule has 2 amide bonds. The largest absolute Gasteiger partial charge is 0.497 e. The highest BCUT2D eigenvalue weighted by Gasteiger charge is 2.39. The minimum absolute atomic E-state index is 0.0679. The Labute approximate surface area is 222 Å². The molecule has 0 bridgehead atoms. The number of amides is 2. The van der Waals surface area contributed by atoms with Gasteiger partial charge in [0.25, 0.3) is 5.91 Å². The molecule has 0 radical (unpaired) electrons. The maximum atomic E-state index is 13.9. The molecule has 188 valence electrons. The van der Waals surface area contributed by atoms with E-state index in [9.17, 15) is 14.0 Å². The van der Waals surface area contributed by atoms with E-state index in [1.165, 1.54) is 30.0 Å². The zero-order valence-corrected chi connectivity index (χ0v) is 21.3. The van der Waals surface area contributed by atoms with Crippen LogP contribution in [0.3, 0.4) is 0 Å². The van der Waals surface area contributed by atoms with Gasteiger partial charge in [-0.3, -0.25) is 9.59 Å². The van der Waals surface area contributed by atoms with Crippen molar-refractivity contribution in [3.63, 3.8) is 0 Å². The van der Waals surface area contributed by atoms with Crippen molar-refractivity contribution in [2.75, 3.05) is 12.4 Å². The number of amidine groups is 1. The molecule has 0 saturated carbocycles. The van der Waals surface area contributed by atoms with Gasteiger partial charge in [0.05, 0.1) is 24.6 Å². The summed E-state index contributed by atoms with van der Waals surface area (Å²) in [5, 5.41) is 9.34. The second-order valence-electron chi connectivity index (χ2n) is 8.47. The number of ether oxygens (including phenoxy) is 1. The van der Waals surface area contributed by atoms with Gasteiger partial charge < -0.3 is 10.1 Å². The fourth-order valence-electron chi connectivity index (χ4n) is 4.15. The number of hydrogen-bond acceptors (Lipinski definition) is 6. The molecule has 3 aromatic rings. The quantitative estimate of drug-likeness (QED) is 0.439. The maximum absolute atomic E-state index is 13.9. The zero-order chi connectivity index (χ0) is 25.9. The molecule has 0 saturated heterocycles. The molecule has 5 rings (SSSR count). The second kappa shape index (κ2) is 10.7. The third-order valence-electron chi connectivity index (χ3n) is 6.01. The predicted molar refractivity (Wildman–Crippen MR) is 144 cm³/mol. The molecule has 37 heavy (non-hydrogen) atoms. The van der Waals surface area contributed by atoms with E-state index in [0.717, 1.165) is 22.6 Å². The highest BCUT2D eigenvalue weighted by Crippen LogP contribution is 2.39. The van der Waals surface area contributed by atoms with Crippen molar-refractivity contribution in [1.82, 2.24) is 5.01 Å². The fraction of sp³-hybridized carbons (Fsp3) is 0.185. The highest BCUT2D eigenvalue weighted by atomic mass is 35.5. The van der Waals surface area contributed by atoms with Crippen LogP contribution < -0.4 is 10.1 Å². The predicted octanol–water partition coefficient (Wildman–Crippen LogP) is 5.67. The van der Waals surface area contributed by atoms with E-state index in [2.05, 4.69) is 10.3 Å². The van der Waals surface area contributed by atoms with Crippen LogP contribution in [-0.2, 0) is 9.59 Å². The first-order chi connectivity index (χ1) is 17.9. The molecule has 0 fully saturated rings. The number of nitrogens with zero attached hydrogens (tertiary/aromatic N) is 3. The van der Waals surface area contributed by atoms with Gasteiger partial charge in [0.1, 0.15) is 16.8 Å². The number of carbonyl (C=O) groups is 2. The van der Waals surface area contributed by atoms with Crippen LogP contribution in [0.4, 0.5) is 10.1 Å². The summed E-state index contributed by atoms with van der Waals surface area (Å²) >= 11 is 7.44. The summed E-state index contributed by atoms with van der Waals surface area (Å²) in [7, 11) is 1.61. The Bertz CT molecular complexity index is 1410. The van der Waals surface area contributed by atoms with Gasteiger partial charge >= 0.3 is 0 Å². The van der Waals surface area contributed by atoms with Gasteiger partial charge in [0.2, 0.25) is 5.91 Å².